The van der Waals surface area contributed by atoms with Crippen molar-refractivity contribution < 1.29 is 33.9 Å². The van der Waals surface area contributed by atoms with E-state index in [0.29, 0.717) is 0 Å². The zero-order valence-corrected chi connectivity index (χ0v) is 9.05. The summed E-state index contributed by atoms with van der Waals surface area (Å²) in [7, 11) is 0. The number of rotatable bonds is 1. The minimum Gasteiger partial charge on any atom is -0.352 e. The molecule has 0 aromatic carbocycles. The number of nitrogens with two attached hydrogens (primary N) is 1. The standard InChI is InChI=1S/C4H6N4O3.Zn/c5-3(10)6-1-2(9)8-4(11)7-1;/h1H,(H3,5,6,10)(H2,7,8,9,11);/q;+2. The summed E-state index contributed by atoms with van der Waals surface area (Å²) in [5.74, 6) is -0.617. The van der Waals surface area contributed by atoms with Gasteiger partial charge in [-0.1, -0.05) is 0 Å². The van der Waals surface area contributed by atoms with Crippen LogP contribution < -0.4 is 21.7 Å². The quantitative estimate of drug-likeness (QED) is 0.299. The van der Waals surface area contributed by atoms with Crippen molar-refractivity contribution >= 4 is 18.0 Å². The Morgan fingerprint density at radius 1 is 1.50 bits per heavy atom. The number of nitrogens with one attached hydrogen (secondary N) is 3. The molecule has 1 aliphatic rings. The van der Waals surface area contributed by atoms with E-state index in [1.165, 1.54) is 0 Å². The molecule has 5 N–H and O–H groups in total. The van der Waals surface area contributed by atoms with Crippen molar-refractivity contribution in [2.24, 2.45) is 5.73 Å². The number of urea groups is 2. The van der Waals surface area contributed by atoms with Crippen molar-refractivity contribution in [1.82, 2.24) is 16.0 Å². The van der Waals surface area contributed by atoms with E-state index in [-0.39, 0.29) is 19.5 Å². The van der Waals surface area contributed by atoms with Crippen LogP contribution in [0.1, 0.15) is 0 Å². The number of carbonyl (C=O) groups is 3. The zero-order chi connectivity index (χ0) is 8.43. The van der Waals surface area contributed by atoms with Crippen LogP contribution in [0, 0.1) is 0 Å². The normalized spacial score (nSPS) is 20.5. The Hall–Kier alpha value is -1.17. The van der Waals surface area contributed by atoms with Crippen LogP contribution in [-0.2, 0) is 24.3 Å². The summed E-state index contributed by atoms with van der Waals surface area (Å²) in [5.41, 5.74) is 4.70. The maximum atomic E-state index is 10.7. The van der Waals surface area contributed by atoms with Gasteiger partial charge in [0, 0.05) is 0 Å². The van der Waals surface area contributed by atoms with Crippen LogP contribution in [-0.4, -0.2) is 24.1 Å². The Kier molecular flexibility index (Phi) is 3.62. The van der Waals surface area contributed by atoms with E-state index in [9.17, 15) is 14.4 Å². The molecule has 12 heavy (non-hydrogen) atoms. The third-order valence-corrected chi connectivity index (χ3v) is 1.06. The molecular formula is C4H6N4O3Zn+2. The second-order valence-electron chi connectivity index (χ2n) is 1.90. The molecule has 1 aliphatic heterocycles. The van der Waals surface area contributed by atoms with Crippen LogP contribution in [0.25, 0.3) is 0 Å². The second-order valence-corrected chi connectivity index (χ2v) is 1.90. The second kappa shape index (κ2) is 4.01. The van der Waals surface area contributed by atoms with E-state index in [1.807, 2.05) is 10.6 Å². The molecular weight excluding hydrogens is 217 g/mol. The van der Waals surface area contributed by atoms with Crippen LogP contribution in [0.15, 0.2) is 0 Å². The Balaban J connectivity index is 0.00000121. The van der Waals surface area contributed by atoms with Gasteiger partial charge in [0.05, 0.1) is 0 Å². The zero-order valence-electron chi connectivity index (χ0n) is 6.09. The van der Waals surface area contributed by atoms with Gasteiger partial charge in [0.2, 0.25) is 0 Å². The fourth-order valence-electron chi connectivity index (χ4n) is 0.661. The minimum absolute atomic E-state index is 0. The fourth-order valence-corrected chi connectivity index (χ4v) is 0.661. The molecule has 1 fully saturated rings. The Labute approximate surface area is 80.2 Å². The van der Waals surface area contributed by atoms with Gasteiger partial charge in [-0.2, -0.15) is 0 Å². The number of hydrogen-bond donors (Lipinski definition) is 4. The maximum Gasteiger partial charge on any atom is 2.00 e. The molecule has 1 rings (SSSR count). The molecule has 0 aliphatic carbocycles. The molecule has 1 atom stereocenters. The molecule has 0 aromatic heterocycles. The first-order valence-electron chi connectivity index (χ1n) is 2.77. The largest absolute Gasteiger partial charge is 2.00 e. The van der Waals surface area contributed by atoms with E-state index in [2.05, 4.69) is 5.32 Å². The topological polar surface area (TPSA) is 113 Å². The van der Waals surface area contributed by atoms with Crippen molar-refractivity contribution in [3.63, 3.8) is 0 Å². The van der Waals surface area contributed by atoms with Gasteiger partial charge in [0.1, 0.15) is 0 Å². The molecule has 8 heteroatoms. The van der Waals surface area contributed by atoms with Gasteiger partial charge >= 0.3 is 31.5 Å². The molecule has 1 unspecified atom stereocenters. The molecule has 0 spiro atoms. The summed E-state index contributed by atoms with van der Waals surface area (Å²) < 4.78 is 0. The average molecular weight is 224 g/mol. The van der Waals surface area contributed by atoms with E-state index in [1.54, 1.807) is 0 Å². The molecule has 0 aromatic rings. The van der Waals surface area contributed by atoms with Crippen molar-refractivity contribution in [3.05, 3.63) is 0 Å². The third kappa shape index (κ3) is 2.46. The van der Waals surface area contributed by atoms with Crippen molar-refractivity contribution in [2.75, 3.05) is 0 Å². The summed E-state index contributed by atoms with van der Waals surface area (Å²) in [6.07, 6.45) is -1.04. The van der Waals surface area contributed by atoms with E-state index >= 15 is 0 Å². The number of primary amides is 1. The molecule has 1 saturated heterocycles. The van der Waals surface area contributed by atoms with Crippen molar-refractivity contribution in [3.8, 4) is 0 Å². The molecule has 0 bridgehead atoms. The summed E-state index contributed by atoms with van der Waals surface area (Å²) in [6, 6.07) is -1.51. The summed E-state index contributed by atoms with van der Waals surface area (Å²) in [4.78, 5) is 31.3. The number of hydrogen-bond acceptors (Lipinski definition) is 3. The number of imide groups is 1. The Bertz CT molecular complexity index is 230. The van der Waals surface area contributed by atoms with Crippen LogP contribution >= 0.6 is 0 Å². The van der Waals surface area contributed by atoms with Crippen LogP contribution in [0.4, 0.5) is 9.59 Å². The first-order valence-corrected chi connectivity index (χ1v) is 2.77. The van der Waals surface area contributed by atoms with E-state index in [0.717, 1.165) is 0 Å². The van der Waals surface area contributed by atoms with Gasteiger partial charge in [0.25, 0.3) is 5.91 Å². The molecule has 0 saturated carbocycles. The summed E-state index contributed by atoms with van der Waals surface area (Å²) >= 11 is 0. The third-order valence-electron chi connectivity index (χ3n) is 1.06. The minimum atomic E-state index is -1.04. The van der Waals surface area contributed by atoms with Crippen LogP contribution in [0.2, 0.25) is 0 Å². The Morgan fingerprint density at radius 2 is 2.08 bits per heavy atom. The molecule has 7 nitrogen and oxygen atoms in total. The summed E-state index contributed by atoms with van der Waals surface area (Å²) in [5, 5.41) is 6.05. The van der Waals surface area contributed by atoms with Crippen LogP contribution in [0.3, 0.4) is 0 Å². The summed E-state index contributed by atoms with van der Waals surface area (Å²) in [6.45, 7) is 0. The molecule has 0 radical (unpaired) electrons. The van der Waals surface area contributed by atoms with Gasteiger partial charge in [0.15, 0.2) is 6.17 Å². The van der Waals surface area contributed by atoms with Gasteiger partial charge in [-0.05, 0) is 0 Å². The molecule has 1 heterocycles. The first kappa shape index (κ1) is 10.8. The van der Waals surface area contributed by atoms with E-state index in [4.69, 9.17) is 5.73 Å². The van der Waals surface area contributed by atoms with Gasteiger partial charge in [-0.15, -0.1) is 0 Å². The van der Waals surface area contributed by atoms with Crippen molar-refractivity contribution in [2.45, 2.75) is 6.17 Å². The maximum absolute atomic E-state index is 10.7. The van der Waals surface area contributed by atoms with Gasteiger partial charge in [-0.3, -0.25) is 10.1 Å². The van der Waals surface area contributed by atoms with Crippen LogP contribution in [0.5, 0.6) is 0 Å². The monoisotopic (exact) mass is 222 g/mol. The smallest absolute Gasteiger partial charge is 0.352 e. The molecule has 5 amide bonds. The first-order chi connectivity index (χ1) is 5.09. The molecule has 60 valence electrons. The SMILES string of the molecule is NC(=O)NC1NC(=O)NC1=O.[Zn+2]. The predicted molar refractivity (Wildman–Crippen MR) is 33.2 cm³/mol. The fraction of sp³-hybridized carbons (Fsp3) is 0.250. The van der Waals surface area contributed by atoms with Crippen molar-refractivity contribution in [1.29, 1.82) is 0 Å². The number of amides is 5. The van der Waals surface area contributed by atoms with E-state index < -0.39 is 24.1 Å². The van der Waals surface area contributed by atoms with Gasteiger partial charge < -0.3 is 16.4 Å². The van der Waals surface area contributed by atoms with Gasteiger partial charge in [-0.25, -0.2) is 9.59 Å². The number of carbonyl (C=O) groups excluding carboxylic acids is 3. The Morgan fingerprint density at radius 3 is 2.42 bits per heavy atom. The average Bonchev–Trinajstić information content (AvgIpc) is 2.09. The predicted octanol–water partition coefficient (Wildman–Crippen LogP) is -2.18.